The molecule has 0 bridgehead atoms. The number of nitrogens with zero attached hydrogens (tertiary/aromatic N) is 2. The summed E-state index contributed by atoms with van der Waals surface area (Å²) >= 11 is 9.32. The number of sulfone groups is 1. The average molecular weight is 392 g/mol. The minimum Gasteiger partial charge on any atom is -0.327 e. The zero-order chi connectivity index (χ0) is 15.0. The lowest BCUT2D eigenvalue weighted by Gasteiger charge is -2.14. The zero-order valence-corrected chi connectivity index (χ0v) is 14.6. The highest BCUT2D eigenvalue weighted by atomic mass is 79.9. The molecule has 1 aromatic heterocycles. The molecule has 0 aliphatic carbocycles. The fourth-order valence-electron chi connectivity index (χ4n) is 2.89. The molecule has 0 N–H and O–H groups in total. The number of halogens is 2. The van der Waals surface area contributed by atoms with E-state index in [1.807, 2.05) is 22.8 Å². The molecule has 1 atom stereocenters. The van der Waals surface area contributed by atoms with Crippen molar-refractivity contribution in [2.24, 2.45) is 0 Å². The number of aryl methyl sites for hydroxylation is 1. The smallest absolute Gasteiger partial charge is 0.154 e. The van der Waals surface area contributed by atoms with Gasteiger partial charge in [-0.15, -0.1) is 11.6 Å². The average Bonchev–Trinajstić information content (AvgIpc) is 2.92. The van der Waals surface area contributed by atoms with E-state index in [1.165, 1.54) is 0 Å². The first kappa shape index (κ1) is 15.3. The number of hydrogen-bond donors (Lipinski definition) is 0. The predicted octanol–water partition coefficient (Wildman–Crippen LogP) is 3.16. The van der Waals surface area contributed by atoms with Crippen LogP contribution >= 0.6 is 27.5 Å². The van der Waals surface area contributed by atoms with E-state index in [0.29, 0.717) is 24.6 Å². The second-order valence-corrected chi connectivity index (χ2v) is 9.04. The van der Waals surface area contributed by atoms with Gasteiger partial charge in [-0.2, -0.15) is 0 Å². The summed E-state index contributed by atoms with van der Waals surface area (Å²) in [5.41, 5.74) is 1.85. The summed E-state index contributed by atoms with van der Waals surface area (Å²) in [4.78, 5) is 4.60. The van der Waals surface area contributed by atoms with E-state index in [0.717, 1.165) is 34.2 Å². The Balaban J connectivity index is 2.06. The van der Waals surface area contributed by atoms with Crippen LogP contribution in [0.3, 0.4) is 0 Å². The molecule has 0 spiro atoms. The van der Waals surface area contributed by atoms with Gasteiger partial charge in [-0.1, -0.05) is 15.9 Å². The van der Waals surface area contributed by atoms with Crippen molar-refractivity contribution in [3.8, 4) is 0 Å². The first-order valence-electron chi connectivity index (χ1n) is 6.93. The Hall–Kier alpha value is -0.590. The molecule has 4 nitrogen and oxygen atoms in total. The van der Waals surface area contributed by atoms with E-state index in [2.05, 4.69) is 20.9 Å². The molecule has 1 fully saturated rings. The lowest BCUT2D eigenvalue weighted by molar-refractivity contribution is 0.563. The van der Waals surface area contributed by atoms with E-state index >= 15 is 0 Å². The van der Waals surface area contributed by atoms with Crippen LogP contribution in [0.5, 0.6) is 0 Å². The van der Waals surface area contributed by atoms with Crippen molar-refractivity contribution >= 4 is 48.4 Å². The van der Waals surface area contributed by atoms with Gasteiger partial charge in [0.05, 0.1) is 22.0 Å². The topological polar surface area (TPSA) is 52.0 Å². The molecule has 3 rings (SSSR count). The second-order valence-electron chi connectivity index (χ2n) is 5.34. The Bertz CT molecular complexity index is 773. The van der Waals surface area contributed by atoms with Crippen molar-refractivity contribution in [2.75, 3.05) is 11.6 Å². The minimum atomic E-state index is -2.97. The van der Waals surface area contributed by atoms with E-state index in [1.54, 1.807) is 0 Å². The van der Waals surface area contributed by atoms with Crippen LogP contribution in [0.1, 0.15) is 18.7 Å². The third-order valence-electron chi connectivity index (χ3n) is 3.96. The highest BCUT2D eigenvalue weighted by Gasteiger charge is 2.32. The molecule has 0 radical (unpaired) electrons. The van der Waals surface area contributed by atoms with Crippen LogP contribution in [0, 0.1) is 0 Å². The van der Waals surface area contributed by atoms with Gasteiger partial charge in [0.25, 0.3) is 0 Å². The highest BCUT2D eigenvalue weighted by molar-refractivity contribution is 9.10. The summed E-state index contributed by atoms with van der Waals surface area (Å²) in [5.74, 6) is 1.64. The molecule has 1 saturated heterocycles. The van der Waals surface area contributed by atoms with Crippen molar-refractivity contribution in [2.45, 2.75) is 31.1 Å². The van der Waals surface area contributed by atoms with Crippen molar-refractivity contribution in [1.82, 2.24) is 9.55 Å². The summed E-state index contributed by atoms with van der Waals surface area (Å²) in [7, 11) is -2.97. The molecule has 1 aliphatic heterocycles. The number of aromatic nitrogens is 2. The van der Waals surface area contributed by atoms with Crippen LogP contribution in [0.15, 0.2) is 22.7 Å². The van der Waals surface area contributed by atoms with Gasteiger partial charge < -0.3 is 4.57 Å². The van der Waals surface area contributed by atoms with Gasteiger partial charge in [0.2, 0.25) is 0 Å². The number of hydrogen-bond acceptors (Lipinski definition) is 3. The normalized spacial score (nSPS) is 21.1. The number of alkyl halides is 1. The lowest BCUT2D eigenvalue weighted by Crippen LogP contribution is -2.23. The molecular weight excluding hydrogens is 376 g/mol. The van der Waals surface area contributed by atoms with E-state index < -0.39 is 9.84 Å². The van der Waals surface area contributed by atoms with E-state index in [4.69, 9.17) is 11.6 Å². The highest BCUT2D eigenvalue weighted by Crippen LogP contribution is 2.26. The Morgan fingerprint density at radius 2 is 2.24 bits per heavy atom. The monoisotopic (exact) mass is 390 g/mol. The Kier molecular flexibility index (Phi) is 4.30. The van der Waals surface area contributed by atoms with Crippen molar-refractivity contribution in [3.05, 3.63) is 28.5 Å². The first-order chi connectivity index (χ1) is 10.0. The molecule has 0 amide bonds. The third-order valence-corrected chi connectivity index (χ3v) is 6.90. The summed E-state index contributed by atoms with van der Waals surface area (Å²) in [6.07, 6.45) is 2.13. The predicted molar refractivity (Wildman–Crippen MR) is 88.7 cm³/mol. The van der Waals surface area contributed by atoms with Crippen molar-refractivity contribution < 1.29 is 8.42 Å². The van der Waals surface area contributed by atoms with Crippen LogP contribution in [0.4, 0.5) is 0 Å². The van der Waals surface area contributed by atoms with Crippen LogP contribution in [-0.4, -0.2) is 34.9 Å². The van der Waals surface area contributed by atoms with Gasteiger partial charge in [0.1, 0.15) is 5.82 Å². The fourth-order valence-corrected chi connectivity index (χ4v) is 5.21. The molecule has 2 aromatic rings. The van der Waals surface area contributed by atoms with Gasteiger partial charge >= 0.3 is 0 Å². The van der Waals surface area contributed by atoms with Gasteiger partial charge in [-0.05, 0) is 31.0 Å². The van der Waals surface area contributed by atoms with E-state index in [-0.39, 0.29) is 5.25 Å². The summed E-state index contributed by atoms with van der Waals surface area (Å²) in [6, 6.07) is 5.87. The molecule has 0 saturated carbocycles. The molecule has 7 heteroatoms. The SMILES string of the molecule is O=S1(=O)CCCC1Cn1c(CCCl)nc2ccc(Br)cc21. The maximum Gasteiger partial charge on any atom is 0.154 e. The summed E-state index contributed by atoms with van der Waals surface area (Å²) in [6.45, 7) is 0.474. The third kappa shape index (κ3) is 2.98. The zero-order valence-electron chi connectivity index (χ0n) is 11.4. The largest absolute Gasteiger partial charge is 0.327 e. The summed E-state index contributed by atoms with van der Waals surface area (Å²) in [5, 5.41) is -0.303. The molecule has 2 heterocycles. The van der Waals surface area contributed by atoms with Gasteiger partial charge in [0.15, 0.2) is 9.84 Å². The first-order valence-corrected chi connectivity index (χ1v) is 9.98. The molecule has 1 unspecified atom stereocenters. The quantitative estimate of drug-likeness (QED) is 0.752. The molecular formula is C14H16BrClN2O2S. The standard InChI is InChI=1S/C14H16BrClN2O2S/c15-10-3-4-12-13(8-10)18(14(17-12)5-6-16)9-11-2-1-7-21(11,19)20/h3-4,8,11H,1-2,5-7,9H2. The molecule has 1 aliphatic rings. The van der Waals surface area contributed by atoms with Crippen LogP contribution < -0.4 is 0 Å². The number of fused-ring (bicyclic) bond motifs is 1. The van der Waals surface area contributed by atoms with Crippen molar-refractivity contribution in [1.29, 1.82) is 0 Å². The maximum absolute atomic E-state index is 12.1. The van der Waals surface area contributed by atoms with Gasteiger partial charge in [-0.3, -0.25) is 0 Å². The molecule has 1 aromatic carbocycles. The Morgan fingerprint density at radius 1 is 1.43 bits per heavy atom. The number of rotatable bonds is 4. The van der Waals surface area contributed by atoms with Crippen LogP contribution in [0.25, 0.3) is 11.0 Å². The lowest BCUT2D eigenvalue weighted by atomic mass is 10.2. The summed E-state index contributed by atoms with van der Waals surface area (Å²) < 4.78 is 27.2. The maximum atomic E-state index is 12.1. The van der Waals surface area contributed by atoms with Crippen LogP contribution in [0.2, 0.25) is 0 Å². The van der Waals surface area contributed by atoms with Gasteiger partial charge in [0, 0.05) is 23.3 Å². The second kappa shape index (κ2) is 5.89. The molecule has 114 valence electrons. The minimum absolute atomic E-state index is 0.303. The van der Waals surface area contributed by atoms with E-state index in [9.17, 15) is 8.42 Å². The Labute approximate surface area is 137 Å². The Morgan fingerprint density at radius 3 is 2.90 bits per heavy atom. The number of imidazole rings is 1. The van der Waals surface area contributed by atoms with Crippen molar-refractivity contribution in [3.63, 3.8) is 0 Å². The molecule has 21 heavy (non-hydrogen) atoms. The fraction of sp³-hybridized carbons (Fsp3) is 0.500. The van der Waals surface area contributed by atoms with Gasteiger partial charge in [-0.25, -0.2) is 13.4 Å². The van der Waals surface area contributed by atoms with Crippen LogP contribution in [-0.2, 0) is 22.8 Å². The number of benzene rings is 1.